The number of halogens is 1. The van der Waals surface area contributed by atoms with Crippen LogP contribution in [0.25, 0.3) is 20.8 Å². The second-order valence-electron chi connectivity index (χ2n) is 5.32. The van der Waals surface area contributed by atoms with Crippen LogP contribution in [-0.4, -0.2) is 29.4 Å². The maximum atomic E-state index is 11.4. The summed E-state index contributed by atoms with van der Waals surface area (Å²) in [4.78, 5) is 18.2. The molecule has 4 nitrogen and oxygen atoms in total. The van der Waals surface area contributed by atoms with Crippen LogP contribution in [0, 0.1) is 0 Å². The highest BCUT2D eigenvalue weighted by Gasteiger charge is 2.08. The van der Waals surface area contributed by atoms with Gasteiger partial charge in [0.05, 0.1) is 14.6 Å². The van der Waals surface area contributed by atoms with E-state index in [0.717, 1.165) is 21.8 Å². The van der Waals surface area contributed by atoms with Crippen molar-refractivity contribution in [1.29, 1.82) is 0 Å². The van der Waals surface area contributed by atoms with Gasteiger partial charge in [-0.3, -0.25) is 4.79 Å². The summed E-state index contributed by atoms with van der Waals surface area (Å²) in [6.07, 6.45) is 0. The largest absolute Gasteiger partial charge is 0.378 e. The van der Waals surface area contributed by atoms with Gasteiger partial charge in [0, 0.05) is 31.0 Å². The van der Waals surface area contributed by atoms with Gasteiger partial charge in [-0.2, -0.15) is 0 Å². The Morgan fingerprint density at radius 1 is 1.22 bits per heavy atom. The zero-order valence-electron chi connectivity index (χ0n) is 12.8. The van der Waals surface area contributed by atoms with E-state index >= 15 is 0 Å². The number of carbonyl (C=O) groups is 1. The topological polar surface area (TPSA) is 45.2 Å². The number of rotatable bonds is 4. The number of carbonyl (C=O) groups excluding carboxylic acids is 1. The van der Waals surface area contributed by atoms with E-state index in [9.17, 15) is 4.79 Å². The molecule has 3 rings (SSSR count). The Bertz CT molecular complexity index is 843. The number of alkyl halides is 1. The molecule has 6 heteroatoms. The zero-order valence-corrected chi connectivity index (χ0v) is 15.8. The standard InChI is InChI=1S/C17H16IN3OS/c1-21(2)13-7-8-14-15(9-13)23-17(20-14)11-3-5-12(6-4-11)19-16(22)10-18/h3-9H,10H2,1-2H3,(H,19,22). The molecule has 0 atom stereocenters. The molecule has 118 valence electrons. The third-order valence-electron chi connectivity index (χ3n) is 3.43. The van der Waals surface area contributed by atoms with Crippen molar-refractivity contribution in [2.24, 2.45) is 0 Å². The summed E-state index contributed by atoms with van der Waals surface area (Å²) >= 11 is 3.73. The Balaban J connectivity index is 1.89. The van der Waals surface area contributed by atoms with E-state index in [1.807, 2.05) is 61.0 Å². The lowest BCUT2D eigenvalue weighted by Crippen LogP contribution is -2.11. The van der Waals surface area contributed by atoms with Crippen molar-refractivity contribution < 1.29 is 4.79 Å². The van der Waals surface area contributed by atoms with E-state index in [1.165, 1.54) is 10.4 Å². The molecular formula is C17H16IN3OS. The SMILES string of the molecule is CN(C)c1ccc2nc(-c3ccc(NC(=O)CI)cc3)sc2c1. The van der Waals surface area contributed by atoms with E-state index in [0.29, 0.717) is 4.43 Å². The van der Waals surface area contributed by atoms with Crippen LogP contribution >= 0.6 is 33.9 Å². The normalized spacial score (nSPS) is 10.7. The first kappa shape index (κ1) is 16.2. The number of anilines is 2. The molecule has 1 N–H and O–H groups in total. The average Bonchev–Trinajstić information content (AvgIpc) is 2.98. The van der Waals surface area contributed by atoms with Gasteiger partial charge in [-0.05, 0) is 42.5 Å². The molecule has 0 aliphatic carbocycles. The summed E-state index contributed by atoms with van der Waals surface area (Å²) < 4.78 is 1.62. The molecule has 0 radical (unpaired) electrons. The molecule has 0 saturated carbocycles. The van der Waals surface area contributed by atoms with E-state index < -0.39 is 0 Å². The monoisotopic (exact) mass is 437 g/mol. The van der Waals surface area contributed by atoms with Crippen molar-refractivity contribution >= 4 is 61.4 Å². The molecule has 0 saturated heterocycles. The summed E-state index contributed by atoms with van der Waals surface area (Å²) in [6.45, 7) is 0. The van der Waals surface area contributed by atoms with Crippen molar-refractivity contribution in [3.63, 3.8) is 0 Å². The minimum Gasteiger partial charge on any atom is -0.378 e. The number of thiazole rings is 1. The Morgan fingerprint density at radius 2 is 1.96 bits per heavy atom. The van der Waals surface area contributed by atoms with Crippen molar-refractivity contribution in [1.82, 2.24) is 4.98 Å². The molecule has 0 aliphatic rings. The number of hydrogen-bond donors (Lipinski definition) is 1. The first-order chi connectivity index (χ1) is 11.1. The Morgan fingerprint density at radius 3 is 2.61 bits per heavy atom. The summed E-state index contributed by atoms with van der Waals surface area (Å²) in [5, 5.41) is 3.84. The van der Waals surface area contributed by atoms with Gasteiger partial charge in [-0.15, -0.1) is 11.3 Å². The van der Waals surface area contributed by atoms with Gasteiger partial charge in [-0.25, -0.2) is 4.98 Å². The highest BCUT2D eigenvalue weighted by atomic mass is 127. The molecule has 1 heterocycles. The number of hydrogen-bond acceptors (Lipinski definition) is 4. The lowest BCUT2D eigenvalue weighted by Gasteiger charge is -2.11. The van der Waals surface area contributed by atoms with Crippen molar-refractivity contribution in [2.75, 3.05) is 28.7 Å². The third kappa shape index (κ3) is 3.64. The van der Waals surface area contributed by atoms with Gasteiger partial charge in [0.15, 0.2) is 0 Å². The molecule has 3 aromatic rings. The van der Waals surface area contributed by atoms with Crippen LogP contribution in [0.15, 0.2) is 42.5 Å². The molecule has 0 spiro atoms. The van der Waals surface area contributed by atoms with Crippen LogP contribution in [0.3, 0.4) is 0 Å². The van der Waals surface area contributed by atoms with E-state index in [1.54, 1.807) is 11.3 Å². The van der Waals surface area contributed by atoms with Crippen molar-refractivity contribution in [3.8, 4) is 10.6 Å². The van der Waals surface area contributed by atoms with Gasteiger partial charge >= 0.3 is 0 Å². The second kappa shape index (κ2) is 6.84. The van der Waals surface area contributed by atoms with E-state index in [-0.39, 0.29) is 5.91 Å². The van der Waals surface area contributed by atoms with Crippen molar-refractivity contribution in [3.05, 3.63) is 42.5 Å². The lowest BCUT2D eigenvalue weighted by atomic mass is 10.2. The Labute approximate surface area is 152 Å². The lowest BCUT2D eigenvalue weighted by molar-refractivity contribution is -0.113. The molecule has 0 unspecified atom stereocenters. The van der Waals surface area contributed by atoms with Gasteiger partial charge in [0.1, 0.15) is 5.01 Å². The fourth-order valence-corrected chi connectivity index (χ4v) is 3.40. The highest BCUT2D eigenvalue weighted by Crippen LogP contribution is 2.32. The predicted molar refractivity (Wildman–Crippen MR) is 107 cm³/mol. The fourth-order valence-electron chi connectivity index (χ4n) is 2.21. The molecule has 0 bridgehead atoms. The number of amides is 1. The molecule has 2 aromatic carbocycles. The van der Waals surface area contributed by atoms with E-state index in [4.69, 9.17) is 4.98 Å². The quantitative estimate of drug-likeness (QED) is 0.486. The average molecular weight is 437 g/mol. The van der Waals surface area contributed by atoms with Gasteiger partial charge in [-0.1, -0.05) is 22.6 Å². The van der Waals surface area contributed by atoms with Crippen LogP contribution in [0.1, 0.15) is 0 Å². The number of nitrogens with one attached hydrogen (secondary N) is 1. The number of fused-ring (bicyclic) bond motifs is 1. The number of benzene rings is 2. The minimum atomic E-state index is 0.00884. The summed E-state index contributed by atoms with van der Waals surface area (Å²) in [6, 6.07) is 14.1. The van der Waals surface area contributed by atoms with Crippen LogP contribution in [0.5, 0.6) is 0 Å². The molecule has 23 heavy (non-hydrogen) atoms. The minimum absolute atomic E-state index is 0.00884. The van der Waals surface area contributed by atoms with Crippen LogP contribution in [0.2, 0.25) is 0 Å². The van der Waals surface area contributed by atoms with Crippen molar-refractivity contribution in [2.45, 2.75) is 0 Å². The summed E-state index contributed by atoms with van der Waals surface area (Å²) in [7, 11) is 4.07. The first-order valence-corrected chi connectivity index (χ1v) is 9.45. The summed E-state index contributed by atoms with van der Waals surface area (Å²) in [5.74, 6) is 0.00884. The summed E-state index contributed by atoms with van der Waals surface area (Å²) in [5.41, 5.74) is 4.05. The van der Waals surface area contributed by atoms with Crippen LogP contribution < -0.4 is 10.2 Å². The molecule has 1 amide bonds. The maximum absolute atomic E-state index is 11.4. The number of nitrogens with zero attached hydrogens (tertiary/aromatic N) is 2. The first-order valence-electron chi connectivity index (χ1n) is 7.11. The molecule has 1 aromatic heterocycles. The fraction of sp³-hybridized carbons (Fsp3) is 0.176. The zero-order chi connectivity index (χ0) is 16.4. The van der Waals surface area contributed by atoms with Crippen LogP contribution in [-0.2, 0) is 4.79 Å². The second-order valence-corrected chi connectivity index (χ2v) is 7.12. The highest BCUT2D eigenvalue weighted by molar-refractivity contribution is 14.1. The maximum Gasteiger partial charge on any atom is 0.234 e. The van der Waals surface area contributed by atoms with Gasteiger partial charge in [0.25, 0.3) is 0 Å². The Hall–Kier alpha value is -1.67. The smallest absolute Gasteiger partial charge is 0.234 e. The van der Waals surface area contributed by atoms with Crippen LogP contribution in [0.4, 0.5) is 11.4 Å². The Kier molecular flexibility index (Phi) is 4.82. The van der Waals surface area contributed by atoms with Gasteiger partial charge in [0.2, 0.25) is 5.91 Å². The third-order valence-corrected chi connectivity index (χ3v) is 5.19. The van der Waals surface area contributed by atoms with E-state index in [2.05, 4.69) is 28.4 Å². The number of aromatic nitrogens is 1. The molecular weight excluding hydrogens is 421 g/mol. The molecule has 0 fully saturated rings. The predicted octanol–water partition coefficient (Wildman–Crippen LogP) is 4.40. The molecule has 0 aliphatic heterocycles. The van der Waals surface area contributed by atoms with Gasteiger partial charge < -0.3 is 10.2 Å².